The largest absolute Gasteiger partial charge is 0.316 e. The molecule has 1 saturated heterocycles. The molecule has 0 saturated carbocycles. The van der Waals surface area contributed by atoms with Gasteiger partial charge >= 0.3 is 0 Å². The number of likely N-dealkylation sites (tertiary alicyclic amines) is 1. The van der Waals surface area contributed by atoms with Crippen LogP contribution in [0.4, 0.5) is 0 Å². The Hall–Kier alpha value is -0.860. The van der Waals surface area contributed by atoms with Crippen molar-refractivity contribution in [3.05, 3.63) is 35.4 Å². The Bertz CT molecular complexity index is 373. The highest BCUT2D eigenvalue weighted by atomic mass is 15.2. The van der Waals surface area contributed by atoms with Crippen LogP contribution in [0.2, 0.25) is 0 Å². The van der Waals surface area contributed by atoms with Crippen LogP contribution in [0.25, 0.3) is 0 Å². The maximum atomic E-state index is 3.23. The van der Waals surface area contributed by atoms with Crippen LogP contribution in [0.15, 0.2) is 24.3 Å². The summed E-state index contributed by atoms with van der Waals surface area (Å²) in [4.78, 5) is 2.70. The second kappa shape index (κ2) is 7.66. The average Bonchev–Trinajstić information content (AvgIpc) is 2.42. The van der Waals surface area contributed by atoms with Crippen molar-refractivity contribution in [2.75, 3.05) is 13.6 Å². The van der Waals surface area contributed by atoms with Gasteiger partial charge in [-0.1, -0.05) is 44.0 Å². The molecule has 0 amide bonds. The monoisotopic (exact) mass is 260 g/mol. The number of piperidine rings is 1. The van der Waals surface area contributed by atoms with Gasteiger partial charge in [0.2, 0.25) is 0 Å². The number of hydrogen-bond donors (Lipinski definition) is 1. The molecule has 0 bridgehead atoms. The lowest BCUT2D eigenvalue weighted by Crippen LogP contribution is -2.38. The van der Waals surface area contributed by atoms with Gasteiger partial charge in [0, 0.05) is 19.1 Å². The van der Waals surface area contributed by atoms with Gasteiger partial charge in [-0.25, -0.2) is 0 Å². The van der Waals surface area contributed by atoms with E-state index in [9.17, 15) is 0 Å². The Balaban J connectivity index is 1.99. The van der Waals surface area contributed by atoms with Gasteiger partial charge in [0.25, 0.3) is 0 Å². The van der Waals surface area contributed by atoms with E-state index in [0.717, 1.165) is 19.1 Å². The molecule has 2 heteroatoms. The number of nitrogens with zero attached hydrogens (tertiary/aromatic N) is 1. The second-order valence-electron chi connectivity index (χ2n) is 5.76. The molecule has 2 nitrogen and oxygen atoms in total. The zero-order chi connectivity index (χ0) is 13.5. The molecule has 1 fully saturated rings. The summed E-state index contributed by atoms with van der Waals surface area (Å²) in [6.45, 7) is 5.68. The third-order valence-electron chi connectivity index (χ3n) is 4.13. The topological polar surface area (TPSA) is 15.3 Å². The highest BCUT2D eigenvalue weighted by molar-refractivity contribution is 5.23. The van der Waals surface area contributed by atoms with E-state index in [4.69, 9.17) is 0 Å². The van der Waals surface area contributed by atoms with Crippen molar-refractivity contribution in [1.82, 2.24) is 10.2 Å². The van der Waals surface area contributed by atoms with Crippen LogP contribution in [0.1, 0.15) is 50.2 Å². The zero-order valence-corrected chi connectivity index (χ0v) is 12.5. The quantitative estimate of drug-likeness (QED) is 0.841. The fourth-order valence-electron chi connectivity index (χ4n) is 3.20. The Morgan fingerprint density at radius 1 is 1.26 bits per heavy atom. The molecule has 1 aromatic rings. The Kier molecular flexibility index (Phi) is 5.87. The lowest BCUT2D eigenvalue weighted by molar-refractivity contribution is 0.131. The van der Waals surface area contributed by atoms with Crippen molar-refractivity contribution >= 4 is 0 Å². The molecule has 0 radical (unpaired) electrons. The molecular weight excluding hydrogens is 232 g/mol. The third-order valence-corrected chi connectivity index (χ3v) is 4.13. The molecule has 2 rings (SSSR count). The van der Waals surface area contributed by atoms with Crippen LogP contribution in [0.3, 0.4) is 0 Å². The molecule has 0 aromatic heterocycles. The molecule has 1 N–H and O–H groups in total. The molecule has 1 aromatic carbocycles. The van der Waals surface area contributed by atoms with Crippen molar-refractivity contribution < 1.29 is 0 Å². The third kappa shape index (κ3) is 4.32. The van der Waals surface area contributed by atoms with Gasteiger partial charge in [-0.3, -0.25) is 4.90 Å². The van der Waals surface area contributed by atoms with E-state index in [0.29, 0.717) is 0 Å². The van der Waals surface area contributed by atoms with Crippen LogP contribution in [0, 0.1) is 0 Å². The highest BCUT2D eigenvalue weighted by Crippen LogP contribution is 2.23. The molecule has 1 heterocycles. The summed E-state index contributed by atoms with van der Waals surface area (Å²) in [7, 11) is 2.01. The first kappa shape index (κ1) is 14.5. The first-order chi connectivity index (χ1) is 9.33. The maximum absolute atomic E-state index is 3.23. The smallest absolute Gasteiger partial charge is 0.0236 e. The minimum atomic E-state index is 0.812. The summed E-state index contributed by atoms with van der Waals surface area (Å²) in [6.07, 6.45) is 6.85. The predicted octanol–water partition coefficient (Wildman–Crippen LogP) is 3.56. The van der Waals surface area contributed by atoms with Crippen molar-refractivity contribution in [3.63, 3.8) is 0 Å². The van der Waals surface area contributed by atoms with Gasteiger partial charge < -0.3 is 5.32 Å². The van der Waals surface area contributed by atoms with E-state index >= 15 is 0 Å². The number of nitrogens with one attached hydrogen (secondary N) is 1. The fourth-order valence-corrected chi connectivity index (χ4v) is 3.20. The lowest BCUT2D eigenvalue weighted by Gasteiger charge is -2.35. The van der Waals surface area contributed by atoms with E-state index in [1.165, 1.54) is 49.8 Å². The molecule has 1 aliphatic rings. The van der Waals surface area contributed by atoms with Crippen LogP contribution < -0.4 is 5.32 Å². The molecule has 0 aliphatic carbocycles. The molecule has 19 heavy (non-hydrogen) atoms. The van der Waals surface area contributed by atoms with E-state index in [1.807, 2.05) is 7.05 Å². The fraction of sp³-hybridized carbons (Fsp3) is 0.647. The van der Waals surface area contributed by atoms with Crippen molar-refractivity contribution in [3.8, 4) is 0 Å². The van der Waals surface area contributed by atoms with E-state index in [1.54, 1.807) is 0 Å². The maximum Gasteiger partial charge on any atom is 0.0236 e. The molecule has 1 aliphatic heterocycles. The average molecular weight is 260 g/mol. The number of hydrogen-bond acceptors (Lipinski definition) is 2. The number of rotatable bonds is 6. The normalized spacial score (nSPS) is 20.6. The lowest BCUT2D eigenvalue weighted by atomic mass is 9.97. The van der Waals surface area contributed by atoms with Gasteiger partial charge in [0.15, 0.2) is 0 Å². The predicted molar refractivity (Wildman–Crippen MR) is 82.2 cm³/mol. The van der Waals surface area contributed by atoms with Gasteiger partial charge in [-0.2, -0.15) is 0 Å². The number of benzene rings is 1. The van der Waals surface area contributed by atoms with E-state index in [-0.39, 0.29) is 0 Å². The molecule has 0 spiro atoms. The molecule has 1 atom stereocenters. The van der Waals surface area contributed by atoms with Gasteiger partial charge in [-0.05, 0) is 44.0 Å². The minimum Gasteiger partial charge on any atom is -0.316 e. The summed E-state index contributed by atoms with van der Waals surface area (Å²) < 4.78 is 0. The van der Waals surface area contributed by atoms with Gasteiger partial charge in [-0.15, -0.1) is 0 Å². The molecule has 1 unspecified atom stereocenters. The van der Waals surface area contributed by atoms with Crippen LogP contribution in [-0.4, -0.2) is 24.5 Å². The summed E-state index contributed by atoms with van der Waals surface area (Å²) in [5.74, 6) is 0. The van der Waals surface area contributed by atoms with Crippen molar-refractivity contribution in [2.24, 2.45) is 0 Å². The summed E-state index contributed by atoms with van der Waals surface area (Å²) >= 11 is 0. The second-order valence-corrected chi connectivity index (χ2v) is 5.76. The summed E-state index contributed by atoms with van der Waals surface area (Å²) in [6, 6.07) is 9.84. The van der Waals surface area contributed by atoms with E-state index in [2.05, 4.69) is 41.4 Å². The first-order valence-corrected chi connectivity index (χ1v) is 7.80. The van der Waals surface area contributed by atoms with Crippen molar-refractivity contribution in [2.45, 2.75) is 58.2 Å². The Morgan fingerprint density at radius 3 is 2.89 bits per heavy atom. The molecular formula is C17H28N2. The summed E-state index contributed by atoms with van der Waals surface area (Å²) in [5, 5.41) is 3.23. The highest BCUT2D eigenvalue weighted by Gasteiger charge is 2.21. The first-order valence-electron chi connectivity index (χ1n) is 7.80. The molecule has 106 valence electrons. The minimum absolute atomic E-state index is 0.812. The Labute approximate surface area is 118 Å². The Morgan fingerprint density at radius 2 is 2.11 bits per heavy atom. The summed E-state index contributed by atoms with van der Waals surface area (Å²) in [5.41, 5.74) is 2.86. The zero-order valence-electron chi connectivity index (χ0n) is 12.5. The van der Waals surface area contributed by atoms with E-state index < -0.39 is 0 Å². The SMILES string of the molecule is CCCC1CCCCN1Cc1cccc(CNC)c1. The van der Waals surface area contributed by atoms with Crippen molar-refractivity contribution in [1.29, 1.82) is 0 Å². The van der Waals surface area contributed by atoms with Crippen LogP contribution in [0.5, 0.6) is 0 Å². The standard InChI is InChI=1S/C17H28N2/c1-3-7-17-10-4-5-11-19(17)14-16-9-6-8-15(12-16)13-18-2/h6,8-9,12,17-18H,3-5,7,10-11,13-14H2,1-2H3. The van der Waals surface area contributed by atoms with Gasteiger partial charge in [0.05, 0.1) is 0 Å². The van der Waals surface area contributed by atoms with Crippen LogP contribution in [-0.2, 0) is 13.1 Å². The van der Waals surface area contributed by atoms with Gasteiger partial charge in [0.1, 0.15) is 0 Å². The van der Waals surface area contributed by atoms with Crippen LogP contribution >= 0.6 is 0 Å².